The van der Waals surface area contributed by atoms with Crippen molar-refractivity contribution in [3.63, 3.8) is 0 Å². The zero-order chi connectivity index (χ0) is 9.97. The SMILES string of the molecule is ClCCCc1nc2ccc(Cl)cc2[nH]1. The van der Waals surface area contributed by atoms with Gasteiger partial charge in [0, 0.05) is 17.3 Å². The molecule has 0 fully saturated rings. The summed E-state index contributed by atoms with van der Waals surface area (Å²) in [4.78, 5) is 7.64. The van der Waals surface area contributed by atoms with Crippen molar-refractivity contribution in [2.24, 2.45) is 0 Å². The minimum Gasteiger partial charge on any atom is -0.342 e. The summed E-state index contributed by atoms with van der Waals surface area (Å²) in [6, 6.07) is 5.64. The van der Waals surface area contributed by atoms with Gasteiger partial charge in [0.05, 0.1) is 11.0 Å². The van der Waals surface area contributed by atoms with Crippen LogP contribution in [-0.4, -0.2) is 15.8 Å². The summed E-state index contributed by atoms with van der Waals surface area (Å²) >= 11 is 11.5. The first-order valence-electron chi connectivity index (χ1n) is 4.50. The molecule has 0 aliphatic heterocycles. The summed E-state index contributed by atoms with van der Waals surface area (Å²) in [6.45, 7) is 0. The molecule has 1 N–H and O–H groups in total. The Bertz CT molecular complexity index is 437. The van der Waals surface area contributed by atoms with Crippen LogP contribution in [0.25, 0.3) is 11.0 Å². The van der Waals surface area contributed by atoms with E-state index >= 15 is 0 Å². The molecule has 2 aromatic rings. The molecule has 0 saturated carbocycles. The van der Waals surface area contributed by atoms with Crippen LogP contribution in [0.2, 0.25) is 5.02 Å². The summed E-state index contributed by atoms with van der Waals surface area (Å²) in [5.41, 5.74) is 1.95. The lowest BCUT2D eigenvalue weighted by Gasteiger charge is -1.90. The average Bonchev–Trinajstić information content (AvgIpc) is 2.56. The number of H-pyrrole nitrogens is 1. The highest BCUT2D eigenvalue weighted by Gasteiger charge is 2.02. The molecule has 0 spiro atoms. The number of nitrogens with one attached hydrogen (secondary N) is 1. The third kappa shape index (κ3) is 2.02. The number of aromatic amines is 1. The van der Waals surface area contributed by atoms with E-state index in [-0.39, 0.29) is 0 Å². The Morgan fingerprint density at radius 1 is 1.36 bits per heavy atom. The number of imidazole rings is 1. The van der Waals surface area contributed by atoms with Gasteiger partial charge < -0.3 is 4.98 Å². The van der Waals surface area contributed by atoms with E-state index in [1.807, 2.05) is 18.2 Å². The summed E-state index contributed by atoms with van der Waals surface area (Å²) < 4.78 is 0. The molecule has 0 radical (unpaired) electrons. The van der Waals surface area contributed by atoms with Gasteiger partial charge in [-0.1, -0.05) is 11.6 Å². The van der Waals surface area contributed by atoms with Crippen molar-refractivity contribution in [2.75, 3.05) is 5.88 Å². The van der Waals surface area contributed by atoms with Crippen molar-refractivity contribution in [2.45, 2.75) is 12.8 Å². The molecule has 74 valence electrons. The molecule has 0 unspecified atom stereocenters. The maximum atomic E-state index is 5.86. The van der Waals surface area contributed by atoms with Gasteiger partial charge in [-0.3, -0.25) is 0 Å². The van der Waals surface area contributed by atoms with Crippen LogP contribution in [0.3, 0.4) is 0 Å². The second-order valence-electron chi connectivity index (χ2n) is 3.14. The predicted octanol–water partition coefficient (Wildman–Crippen LogP) is 3.39. The average molecular weight is 229 g/mol. The number of rotatable bonds is 3. The molecule has 0 aliphatic rings. The van der Waals surface area contributed by atoms with E-state index in [4.69, 9.17) is 23.2 Å². The van der Waals surface area contributed by atoms with Gasteiger partial charge in [-0.2, -0.15) is 0 Å². The lowest BCUT2D eigenvalue weighted by molar-refractivity contribution is 0.867. The fourth-order valence-electron chi connectivity index (χ4n) is 1.39. The fraction of sp³-hybridized carbons (Fsp3) is 0.300. The number of halogens is 2. The molecular weight excluding hydrogens is 219 g/mol. The number of benzene rings is 1. The molecule has 2 rings (SSSR count). The van der Waals surface area contributed by atoms with Gasteiger partial charge in [0.15, 0.2) is 0 Å². The minimum atomic E-state index is 0.664. The van der Waals surface area contributed by atoms with Crippen molar-refractivity contribution in [3.8, 4) is 0 Å². The van der Waals surface area contributed by atoms with E-state index in [9.17, 15) is 0 Å². The van der Waals surface area contributed by atoms with E-state index in [1.165, 1.54) is 0 Å². The molecular formula is C10H10Cl2N2. The van der Waals surface area contributed by atoms with Crippen LogP contribution >= 0.6 is 23.2 Å². The van der Waals surface area contributed by atoms with Crippen LogP contribution in [0, 0.1) is 0 Å². The molecule has 0 saturated heterocycles. The van der Waals surface area contributed by atoms with Crippen LogP contribution in [0.15, 0.2) is 18.2 Å². The zero-order valence-electron chi connectivity index (χ0n) is 7.56. The Morgan fingerprint density at radius 2 is 2.21 bits per heavy atom. The highest BCUT2D eigenvalue weighted by Crippen LogP contribution is 2.17. The molecule has 1 aromatic heterocycles. The second kappa shape index (κ2) is 4.20. The van der Waals surface area contributed by atoms with Crippen molar-refractivity contribution in [3.05, 3.63) is 29.0 Å². The monoisotopic (exact) mass is 228 g/mol. The van der Waals surface area contributed by atoms with Gasteiger partial charge in [0.1, 0.15) is 5.82 Å². The van der Waals surface area contributed by atoms with Crippen LogP contribution in [0.4, 0.5) is 0 Å². The summed E-state index contributed by atoms with van der Waals surface area (Å²) in [5, 5.41) is 0.727. The first-order valence-corrected chi connectivity index (χ1v) is 5.41. The summed E-state index contributed by atoms with van der Waals surface area (Å²) in [5.74, 6) is 1.64. The molecule has 1 heterocycles. The largest absolute Gasteiger partial charge is 0.342 e. The zero-order valence-corrected chi connectivity index (χ0v) is 9.07. The second-order valence-corrected chi connectivity index (χ2v) is 3.95. The third-order valence-electron chi connectivity index (χ3n) is 2.04. The molecule has 1 aromatic carbocycles. The number of hydrogen-bond donors (Lipinski definition) is 1. The molecule has 0 amide bonds. The molecule has 0 aliphatic carbocycles. The van der Waals surface area contributed by atoms with Crippen molar-refractivity contribution in [1.82, 2.24) is 9.97 Å². The predicted molar refractivity (Wildman–Crippen MR) is 60.1 cm³/mol. The Kier molecular flexibility index (Phi) is 2.94. The summed E-state index contributed by atoms with van der Waals surface area (Å²) in [6.07, 6.45) is 1.82. The Hall–Kier alpha value is -0.730. The smallest absolute Gasteiger partial charge is 0.107 e. The first kappa shape index (κ1) is 9.81. The molecule has 0 atom stereocenters. The maximum absolute atomic E-state index is 5.86. The first-order chi connectivity index (χ1) is 6.79. The van der Waals surface area contributed by atoms with Gasteiger partial charge in [-0.25, -0.2) is 4.98 Å². The Morgan fingerprint density at radius 3 is 3.00 bits per heavy atom. The van der Waals surface area contributed by atoms with Gasteiger partial charge in [0.25, 0.3) is 0 Å². The van der Waals surface area contributed by atoms with Gasteiger partial charge in [-0.05, 0) is 24.6 Å². The molecule has 14 heavy (non-hydrogen) atoms. The van der Waals surface area contributed by atoms with Gasteiger partial charge in [0.2, 0.25) is 0 Å². The summed E-state index contributed by atoms with van der Waals surface area (Å²) in [7, 11) is 0. The minimum absolute atomic E-state index is 0.664. The van der Waals surface area contributed by atoms with Gasteiger partial charge in [-0.15, -0.1) is 11.6 Å². The lowest BCUT2D eigenvalue weighted by Crippen LogP contribution is -1.87. The standard InChI is InChI=1S/C10H10Cl2N2/c11-5-1-2-10-13-8-4-3-7(12)6-9(8)14-10/h3-4,6H,1-2,5H2,(H,13,14). The third-order valence-corrected chi connectivity index (χ3v) is 2.54. The van der Waals surface area contributed by atoms with Gasteiger partial charge >= 0.3 is 0 Å². The number of aryl methyl sites for hydroxylation is 1. The van der Waals surface area contributed by atoms with E-state index in [0.29, 0.717) is 5.88 Å². The quantitative estimate of drug-likeness (QED) is 0.803. The van der Waals surface area contributed by atoms with Crippen LogP contribution < -0.4 is 0 Å². The topological polar surface area (TPSA) is 28.7 Å². The fourth-order valence-corrected chi connectivity index (χ4v) is 1.69. The van der Waals surface area contributed by atoms with Crippen molar-refractivity contribution < 1.29 is 0 Å². The van der Waals surface area contributed by atoms with E-state index in [0.717, 1.165) is 34.7 Å². The Balaban J connectivity index is 2.32. The number of fused-ring (bicyclic) bond motifs is 1. The lowest BCUT2D eigenvalue weighted by atomic mass is 10.3. The molecule has 4 heteroatoms. The Labute approximate surface area is 92.2 Å². The van der Waals surface area contributed by atoms with E-state index < -0.39 is 0 Å². The highest BCUT2D eigenvalue weighted by molar-refractivity contribution is 6.31. The normalized spacial score (nSPS) is 11.0. The maximum Gasteiger partial charge on any atom is 0.107 e. The van der Waals surface area contributed by atoms with Crippen LogP contribution in [0.5, 0.6) is 0 Å². The number of nitrogens with zero attached hydrogens (tertiary/aromatic N) is 1. The number of aromatic nitrogens is 2. The van der Waals surface area contributed by atoms with Crippen molar-refractivity contribution >= 4 is 34.2 Å². The van der Waals surface area contributed by atoms with Crippen LogP contribution in [-0.2, 0) is 6.42 Å². The number of hydrogen-bond acceptors (Lipinski definition) is 1. The molecule has 2 nitrogen and oxygen atoms in total. The van der Waals surface area contributed by atoms with E-state index in [1.54, 1.807) is 0 Å². The number of alkyl halides is 1. The molecule has 0 bridgehead atoms. The highest BCUT2D eigenvalue weighted by atomic mass is 35.5. The van der Waals surface area contributed by atoms with Crippen molar-refractivity contribution in [1.29, 1.82) is 0 Å². The van der Waals surface area contributed by atoms with Crippen LogP contribution in [0.1, 0.15) is 12.2 Å². The van der Waals surface area contributed by atoms with E-state index in [2.05, 4.69) is 9.97 Å².